The second kappa shape index (κ2) is 5.31. The van der Waals surface area contributed by atoms with Gasteiger partial charge in [-0.1, -0.05) is 24.9 Å². The van der Waals surface area contributed by atoms with E-state index in [4.69, 9.17) is 22.1 Å². The van der Waals surface area contributed by atoms with Crippen molar-refractivity contribution in [2.75, 3.05) is 12.8 Å². The summed E-state index contributed by atoms with van der Waals surface area (Å²) in [6.45, 7) is 2.11. The number of ether oxygens (including phenoxy) is 1. The minimum absolute atomic E-state index is 0.582. The molecule has 5 heteroatoms. The number of aryl methyl sites for hydroxylation is 1. The zero-order valence-corrected chi connectivity index (χ0v) is 11.2. The van der Waals surface area contributed by atoms with Crippen molar-refractivity contribution < 1.29 is 4.74 Å². The number of rotatable bonds is 4. The van der Waals surface area contributed by atoms with Gasteiger partial charge in [0.15, 0.2) is 0 Å². The molecule has 96 valence electrons. The van der Waals surface area contributed by atoms with Crippen molar-refractivity contribution >= 4 is 17.4 Å². The molecule has 0 radical (unpaired) electrons. The van der Waals surface area contributed by atoms with Gasteiger partial charge in [0.1, 0.15) is 17.3 Å². The summed E-state index contributed by atoms with van der Waals surface area (Å²) in [5, 5.41) is 5.10. The number of halogens is 1. The van der Waals surface area contributed by atoms with Crippen LogP contribution in [-0.2, 0) is 6.42 Å². The first-order chi connectivity index (χ1) is 8.65. The van der Waals surface area contributed by atoms with Crippen LogP contribution in [0.1, 0.15) is 19.0 Å². The van der Waals surface area contributed by atoms with Crippen LogP contribution in [0.2, 0.25) is 5.02 Å². The molecule has 4 nitrogen and oxygen atoms in total. The molecule has 0 aliphatic heterocycles. The summed E-state index contributed by atoms with van der Waals surface area (Å²) in [7, 11) is 1.61. The zero-order valence-electron chi connectivity index (χ0n) is 10.5. The van der Waals surface area contributed by atoms with Crippen LogP contribution in [0.3, 0.4) is 0 Å². The van der Waals surface area contributed by atoms with Crippen molar-refractivity contribution in [2.45, 2.75) is 19.8 Å². The van der Waals surface area contributed by atoms with Gasteiger partial charge in [-0.25, -0.2) is 4.68 Å². The maximum absolute atomic E-state index is 6.01. The molecule has 2 aromatic rings. The van der Waals surface area contributed by atoms with Crippen molar-refractivity contribution in [2.24, 2.45) is 0 Å². The molecule has 2 N–H and O–H groups in total. The van der Waals surface area contributed by atoms with Gasteiger partial charge in [-0.05, 0) is 24.6 Å². The van der Waals surface area contributed by atoms with Crippen LogP contribution in [0.5, 0.6) is 5.75 Å². The standard InChI is InChI=1S/C13H16ClN3O/c1-3-4-10-8-13(15)17(16-10)11-7-9(14)5-6-12(11)18-2/h5-8H,3-4,15H2,1-2H3. The molecule has 1 aromatic heterocycles. The first kappa shape index (κ1) is 12.8. The van der Waals surface area contributed by atoms with Gasteiger partial charge in [0.05, 0.1) is 12.8 Å². The number of nitrogens with zero attached hydrogens (tertiary/aromatic N) is 2. The van der Waals surface area contributed by atoms with Crippen molar-refractivity contribution in [1.82, 2.24) is 9.78 Å². The minimum atomic E-state index is 0.582. The van der Waals surface area contributed by atoms with E-state index in [1.165, 1.54) is 0 Å². The third-order valence-electron chi connectivity index (χ3n) is 2.66. The Labute approximate surface area is 111 Å². The third-order valence-corrected chi connectivity index (χ3v) is 2.90. The lowest BCUT2D eigenvalue weighted by Crippen LogP contribution is -2.04. The number of nitrogens with two attached hydrogens (primary N) is 1. The van der Waals surface area contributed by atoms with Crippen LogP contribution in [0.4, 0.5) is 5.82 Å². The lowest BCUT2D eigenvalue weighted by Gasteiger charge is -2.10. The summed E-state index contributed by atoms with van der Waals surface area (Å²) < 4.78 is 6.97. The summed E-state index contributed by atoms with van der Waals surface area (Å²) in [6, 6.07) is 7.25. The van der Waals surface area contributed by atoms with Crippen LogP contribution >= 0.6 is 11.6 Å². The molecule has 0 bridgehead atoms. The predicted molar refractivity (Wildman–Crippen MR) is 73.5 cm³/mol. The van der Waals surface area contributed by atoms with Gasteiger partial charge in [0.2, 0.25) is 0 Å². The van der Waals surface area contributed by atoms with E-state index in [1.807, 2.05) is 6.07 Å². The summed E-state index contributed by atoms with van der Waals surface area (Å²) in [4.78, 5) is 0. The fraction of sp³-hybridized carbons (Fsp3) is 0.308. The Bertz CT molecular complexity index is 551. The molecule has 0 amide bonds. The highest BCUT2D eigenvalue weighted by Gasteiger charge is 2.11. The van der Waals surface area contributed by atoms with E-state index in [0.29, 0.717) is 16.6 Å². The molecule has 2 rings (SSSR count). The van der Waals surface area contributed by atoms with Gasteiger partial charge in [-0.2, -0.15) is 5.10 Å². The average Bonchev–Trinajstić information content (AvgIpc) is 2.70. The SMILES string of the molecule is CCCc1cc(N)n(-c2cc(Cl)ccc2OC)n1. The van der Waals surface area contributed by atoms with E-state index >= 15 is 0 Å². The minimum Gasteiger partial charge on any atom is -0.494 e. The highest BCUT2D eigenvalue weighted by Crippen LogP contribution is 2.28. The molecule has 0 saturated carbocycles. The van der Waals surface area contributed by atoms with Crippen LogP contribution in [-0.4, -0.2) is 16.9 Å². The second-order valence-corrected chi connectivity index (χ2v) is 4.47. The summed E-state index contributed by atoms with van der Waals surface area (Å²) in [5.41, 5.74) is 7.70. The third kappa shape index (κ3) is 2.43. The number of methoxy groups -OCH3 is 1. The number of benzene rings is 1. The second-order valence-electron chi connectivity index (χ2n) is 4.04. The highest BCUT2D eigenvalue weighted by molar-refractivity contribution is 6.30. The normalized spacial score (nSPS) is 10.6. The lowest BCUT2D eigenvalue weighted by atomic mass is 10.2. The van der Waals surface area contributed by atoms with E-state index < -0.39 is 0 Å². The highest BCUT2D eigenvalue weighted by atomic mass is 35.5. The van der Waals surface area contributed by atoms with Gasteiger partial charge in [0.25, 0.3) is 0 Å². The van der Waals surface area contributed by atoms with Crippen LogP contribution in [0.25, 0.3) is 5.69 Å². The van der Waals surface area contributed by atoms with Gasteiger partial charge < -0.3 is 10.5 Å². The molecular formula is C13H16ClN3O. The van der Waals surface area contributed by atoms with Crippen LogP contribution < -0.4 is 10.5 Å². The van der Waals surface area contributed by atoms with Crippen LogP contribution in [0.15, 0.2) is 24.3 Å². The topological polar surface area (TPSA) is 53.1 Å². The molecular weight excluding hydrogens is 250 g/mol. The van der Waals surface area contributed by atoms with E-state index in [9.17, 15) is 0 Å². The molecule has 0 unspecified atom stereocenters. The number of anilines is 1. The maximum atomic E-state index is 6.01. The van der Waals surface area contributed by atoms with E-state index in [2.05, 4.69) is 12.0 Å². The molecule has 1 heterocycles. The van der Waals surface area contributed by atoms with Gasteiger partial charge in [-0.3, -0.25) is 0 Å². The van der Waals surface area contributed by atoms with Gasteiger partial charge in [0, 0.05) is 11.1 Å². The fourth-order valence-electron chi connectivity index (χ4n) is 1.85. The predicted octanol–water partition coefficient (Wildman–Crippen LogP) is 3.07. The van der Waals surface area contributed by atoms with E-state index in [1.54, 1.807) is 30.0 Å². The first-order valence-corrected chi connectivity index (χ1v) is 6.21. The Balaban J connectivity index is 2.50. The molecule has 0 fully saturated rings. The number of hydrogen-bond donors (Lipinski definition) is 1. The molecule has 0 aliphatic carbocycles. The molecule has 1 aromatic carbocycles. The van der Waals surface area contributed by atoms with Crippen molar-refractivity contribution in [3.63, 3.8) is 0 Å². The van der Waals surface area contributed by atoms with Crippen molar-refractivity contribution in [1.29, 1.82) is 0 Å². The Kier molecular flexibility index (Phi) is 3.77. The van der Waals surface area contributed by atoms with E-state index in [-0.39, 0.29) is 0 Å². The summed E-state index contributed by atoms with van der Waals surface area (Å²) in [6.07, 6.45) is 1.93. The van der Waals surface area contributed by atoms with E-state index in [0.717, 1.165) is 24.2 Å². The molecule has 0 aliphatic rings. The summed E-state index contributed by atoms with van der Waals surface area (Å²) >= 11 is 6.01. The number of hydrogen-bond acceptors (Lipinski definition) is 3. The number of aromatic nitrogens is 2. The Hall–Kier alpha value is -1.68. The number of nitrogen functional groups attached to an aromatic ring is 1. The van der Waals surface area contributed by atoms with Crippen molar-refractivity contribution in [3.05, 3.63) is 35.0 Å². The lowest BCUT2D eigenvalue weighted by molar-refractivity contribution is 0.412. The maximum Gasteiger partial charge on any atom is 0.144 e. The van der Waals surface area contributed by atoms with Crippen molar-refractivity contribution in [3.8, 4) is 11.4 Å². The summed E-state index contributed by atoms with van der Waals surface area (Å²) in [5.74, 6) is 1.27. The quantitative estimate of drug-likeness (QED) is 0.924. The van der Waals surface area contributed by atoms with Gasteiger partial charge in [-0.15, -0.1) is 0 Å². The Morgan fingerprint density at radius 2 is 2.17 bits per heavy atom. The largest absolute Gasteiger partial charge is 0.494 e. The monoisotopic (exact) mass is 265 g/mol. The smallest absolute Gasteiger partial charge is 0.144 e. The fourth-order valence-corrected chi connectivity index (χ4v) is 2.01. The molecule has 0 saturated heterocycles. The molecule has 18 heavy (non-hydrogen) atoms. The average molecular weight is 266 g/mol. The first-order valence-electron chi connectivity index (χ1n) is 5.84. The zero-order chi connectivity index (χ0) is 13.1. The Morgan fingerprint density at radius 3 is 2.83 bits per heavy atom. The van der Waals surface area contributed by atoms with Gasteiger partial charge >= 0.3 is 0 Å². The molecule has 0 atom stereocenters. The Morgan fingerprint density at radius 1 is 1.39 bits per heavy atom. The van der Waals surface area contributed by atoms with Crippen LogP contribution in [0, 0.1) is 0 Å². The molecule has 0 spiro atoms.